The molecular formula is C20H23N5O3S. The van der Waals surface area contributed by atoms with Gasteiger partial charge in [0.15, 0.2) is 0 Å². The number of thioether (sulfide) groups is 1. The zero-order valence-electron chi connectivity index (χ0n) is 16.8. The zero-order valence-corrected chi connectivity index (χ0v) is 17.6. The summed E-state index contributed by atoms with van der Waals surface area (Å²) < 4.78 is 0. The summed E-state index contributed by atoms with van der Waals surface area (Å²) >= 11 is 1.27. The number of fused-ring (bicyclic) bond motifs is 5. The summed E-state index contributed by atoms with van der Waals surface area (Å²) in [5.41, 5.74) is 2.62. The number of non-ortho nitro benzene ring substituents is 1. The fourth-order valence-corrected chi connectivity index (χ4v) is 5.25. The third kappa shape index (κ3) is 3.08. The normalized spacial score (nSPS) is 24.8. The van der Waals surface area contributed by atoms with Crippen molar-refractivity contribution in [2.45, 2.75) is 62.3 Å². The third-order valence-electron chi connectivity index (χ3n) is 6.77. The molecule has 0 spiro atoms. The van der Waals surface area contributed by atoms with Crippen molar-refractivity contribution >= 4 is 29.0 Å². The predicted octanol–water partition coefficient (Wildman–Crippen LogP) is 4.07. The summed E-state index contributed by atoms with van der Waals surface area (Å²) in [7, 11) is 0. The van der Waals surface area contributed by atoms with Crippen LogP contribution in [0.3, 0.4) is 0 Å². The molecule has 152 valence electrons. The lowest BCUT2D eigenvalue weighted by molar-refractivity contribution is -0.384. The van der Waals surface area contributed by atoms with E-state index in [0.717, 1.165) is 24.2 Å². The highest BCUT2D eigenvalue weighted by atomic mass is 32.2. The van der Waals surface area contributed by atoms with Crippen LogP contribution in [0.25, 0.3) is 0 Å². The monoisotopic (exact) mass is 413 g/mol. The number of hydrogen-bond acceptors (Lipinski definition) is 7. The van der Waals surface area contributed by atoms with Gasteiger partial charge >= 0.3 is 0 Å². The highest BCUT2D eigenvalue weighted by molar-refractivity contribution is 8.00. The van der Waals surface area contributed by atoms with E-state index in [-0.39, 0.29) is 22.4 Å². The number of nitro groups is 1. The zero-order chi connectivity index (χ0) is 21.0. The van der Waals surface area contributed by atoms with Crippen LogP contribution in [0.4, 0.5) is 11.4 Å². The molecule has 3 atom stereocenters. The molecule has 2 aliphatic rings. The van der Waals surface area contributed by atoms with Crippen molar-refractivity contribution in [3.63, 3.8) is 0 Å². The van der Waals surface area contributed by atoms with Gasteiger partial charge in [0.1, 0.15) is 0 Å². The Morgan fingerprint density at radius 1 is 1.28 bits per heavy atom. The van der Waals surface area contributed by atoms with E-state index in [1.54, 1.807) is 6.92 Å². The molecule has 2 bridgehead atoms. The van der Waals surface area contributed by atoms with Crippen molar-refractivity contribution in [1.82, 2.24) is 15.2 Å². The lowest BCUT2D eigenvalue weighted by Crippen LogP contribution is -2.32. The molecule has 0 radical (unpaired) electrons. The standard InChI is InChI=1S/C20H23N5O3S/c1-11(17(26)21-12-5-7-13(8-6-12)25(27)28)29-18-22-16-15(23-24-18)14-9-10-20(16,4)19(14,2)3/h5-8,11,14H,9-10H2,1-4H3,(H,21,26)/t11-,14+,20+/m1/s1. The first-order valence-corrected chi connectivity index (χ1v) is 10.5. The molecule has 1 amide bonds. The van der Waals surface area contributed by atoms with Crippen LogP contribution in [-0.4, -0.2) is 31.3 Å². The number of nitrogens with one attached hydrogen (secondary N) is 1. The van der Waals surface area contributed by atoms with E-state index in [9.17, 15) is 14.9 Å². The molecule has 0 unspecified atom stereocenters. The van der Waals surface area contributed by atoms with Gasteiger partial charge in [-0.25, -0.2) is 4.98 Å². The van der Waals surface area contributed by atoms with Gasteiger partial charge in [0.2, 0.25) is 11.1 Å². The van der Waals surface area contributed by atoms with Crippen LogP contribution in [-0.2, 0) is 10.2 Å². The number of rotatable bonds is 5. The van der Waals surface area contributed by atoms with Crippen molar-refractivity contribution in [2.75, 3.05) is 5.32 Å². The maximum absolute atomic E-state index is 12.5. The highest BCUT2D eigenvalue weighted by Crippen LogP contribution is 2.66. The Kier molecular flexibility index (Phi) is 4.60. The van der Waals surface area contributed by atoms with E-state index in [2.05, 4.69) is 36.3 Å². The van der Waals surface area contributed by atoms with Gasteiger partial charge in [0.25, 0.3) is 5.69 Å². The van der Waals surface area contributed by atoms with E-state index < -0.39 is 10.2 Å². The van der Waals surface area contributed by atoms with Crippen molar-refractivity contribution in [3.05, 3.63) is 45.8 Å². The van der Waals surface area contributed by atoms with Gasteiger partial charge in [0.05, 0.1) is 21.6 Å². The lowest BCUT2D eigenvalue weighted by atomic mass is 9.70. The van der Waals surface area contributed by atoms with Gasteiger partial charge in [-0.15, -0.1) is 5.10 Å². The molecule has 1 fully saturated rings. The summed E-state index contributed by atoms with van der Waals surface area (Å²) in [5, 5.41) is 22.3. The number of hydrogen-bond donors (Lipinski definition) is 1. The van der Waals surface area contributed by atoms with E-state index in [1.165, 1.54) is 36.0 Å². The molecule has 1 aromatic carbocycles. The van der Waals surface area contributed by atoms with Gasteiger partial charge in [-0.1, -0.05) is 32.5 Å². The summed E-state index contributed by atoms with van der Waals surface area (Å²) in [6, 6.07) is 5.75. The topological polar surface area (TPSA) is 111 Å². The molecule has 29 heavy (non-hydrogen) atoms. The number of benzene rings is 1. The first-order chi connectivity index (χ1) is 13.6. The van der Waals surface area contributed by atoms with Crippen LogP contribution in [0.1, 0.15) is 57.8 Å². The van der Waals surface area contributed by atoms with Crippen LogP contribution in [0, 0.1) is 15.5 Å². The molecule has 4 rings (SSSR count). The average Bonchev–Trinajstić information content (AvgIpc) is 3.01. The second kappa shape index (κ2) is 6.76. The minimum atomic E-state index is -0.475. The Balaban J connectivity index is 1.46. The minimum absolute atomic E-state index is 0.0114. The van der Waals surface area contributed by atoms with Crippen molar-refractivity contribution < 1.29 is 9.72 Å². The Morgan fingerprint density at radius 3 is 2.62 bits per heavy atom. The van der Waals surface area contributed by atoms with Gasteiger partial charge in [-0.3, -0.25) is 14.9 Å². The maximum atomic E-state index is 12.5. The molecule has 2 aliphatic carbocycles. The summed E-state index contributed by atoms with van der Waals surface area (Å²) in [6.45, 7) is 8.59. The van der Waals surface area contributed by atoms with Crippen molar-refractivity contribution in [2.24, 2.45) is 5.41 Å². The number of carbonyl (C=O) groups is 1. The third-order valence-corrected chi connectivity index (χ3v) is 7.72. The summed E-state index contributed by atoms with van der Waals surface area (Å²) in [4.78, 5) is 27.6. The van der Waals surface area contributed by atoms with Crippen LogP contribution in [0.15, 0.2) is 29.4 Å². The molecule has 1 aromatic heterocycles. The average molecular weight is 414 g/mol. The quantitative estimate of drug-likeness (QED) is 0.447. The van der Waals surface area contributed by atoms with E-state index in [1.807, 2.05) is 0 Å². The lowest BCUT2D eigenvalue weighted by Gasteiger charge is -2.34. The molecule has 9 heteroatoms. The molecule has 1 saturated carbocycles. The Labute approximate surface area is 173 Å². The Morgan fingerprint density at radius 2 is 1.97 bits per heavy atom. The van der Waals surface area contributed by atoms with Gasteiger partial charge in [-0.2, -0.15) is 5.10 Å². The maximum Gasteiger partial charge on any atom is 0.269 e. The smallest absolute Gasteiger partial charge is 0.269 e. The molecule has 0 saturated heterocycles. The number of aromatic nitrogens is 3. The highest BCUT2D eigenvalue weighted by Gasteiger charge is 2.61. The van der Waals surface area contributed by atoms with Crippen molar-refractivity contribution in [1.29, 1.82) is 0 Å². The van der Waals surface area contributed by atoms with E-state index in [0.29, 0.717) is 16.8 Å². The van der Waals surface area contributed by atoms with Gasteiger partial charge < -0.3 is 5.32 Å². The second-order valence-electron chi connectivity index (χ2n) is 8.53. The van der Waals surface area contributed by atoms with Crippen LogP contribution >= 0.6 is 11.8 Å². The Hall–Kier alpha value is -2.55. The van der Waals surface area contributed by atoms with E-state index in [4.69, 9.17) is 4.98 Å². The predicted molar refractivity (Wildman–Crippen MR) is 110 cm³/mol. The molecule has 1 N–H and O–H groups in total. The number of nitrogens with zero attached hydrogens (tertiary/aromatic N) is 4. The first kappa shape index (κ1) is 19.8. The van der Waals surface area contributed by atoms with Crippen LogP contribution < -0.4 is 5.32 Å². The van der Waals surface area contributed by atoms with Gasteiger partial charge in [0, 0.05) is 29.2 Å². The molecule has 2 aromatic rings. The first-order valence-electron chi connectivity index (χ1n) is 9.60. The van der Waals surface area contributed by atoms with Crippen LogP contribution in [0.2, 0.25) is 0 Å². The van der Waals surface area contributed by atoms with Crippen LogP contribution in [0.5, 0.6) is 0 Å². The SMILES string of the molecule is C[C@@H](Sc1nnc2c(n1)[C@]1(C)CC[C@@H]2C1(C)C)C(=O)Nc1ccc([N+](=O)[O-])cc1. The number of nitro benzene ring substituents is 1. The fraction of sp³-hybridized carbons (Fsp3) is 0.500. The summed E-state index contributed by atoms with van der Waals surface area (Å²) in [5.74, 6) is 0.172. The molecular weight excluding hydrogens is 390 g/mol. The van der Waals surface area contributed by atoms with Gasteiger partial charge in [-0.05, 0) is 37.3 Å². The molecule has 0 aliphatic heterocycles. The number of anilines is 1. The fourth-order valence-electron chi connectivity index (χ4n) is 4.53. The number of amides is 1. The molecule has 8 nitrogen and oxygen atoms in total. The molecule has 1 heterocycles. The van der Waals surface area contributed by atoms with E-state index >= 15 is 0 Å². The second-order valence-corrected chi connectivity index (χ2v) is 9.83. The Bertz CT molecular complexity index is 994. The number of carbonyl (C=O) groups excluding carboxylic acids is 1. The minimum Gasteiger partial charge on any atom is -0.325 e. The summed E-state index contributed by atoms with van der Waals surface area (Å²) in [6.07, 6.45) is 2.21. The largest absolute Gasteiger partial charge is 0.325 e. The van der Waals surface area contributed by atoms with Crippen molar-refractivity contribution in [3.8, 4) is 0 Å².